The lowest BCUT2D eigenvalue weighted by Gasteiger charge is -2.24. The SMILES string of the molecule is O=c1[nH]c(NC2CCCCC2)c(-c2cc3c(cc2Br)OCO3)n1-c1ccc2nc[nH]c2c1. The number of aromatic nitrogens is 4. The van der Waals surface area contributed by atoms with Crippen LogP contribution < -0.4 is 20.5 Å². The van der Waals surface area contributed by atoms with Crippen LogP contribution in [0.3, 0.4) is 0 Å². The molecule has 1 fully saturated rings. The Kier molecular flexibility index (Phi) is 4.71. The van der Waals surface area contributed by atoms with Crippen molar-refractivity contribution in [1.82, 2.24) is 19.5 Å². The maximum atomic E-state index is 13.3. The molecule has 0 spiro atoms. The van der Waals surface area contributed by atoms with Crippen LogP contribution in [0.25, 0.3) is 28.0 Å². The highest BCUT2D eigenvalue weighted by Gasteiger charge is 2.25. The van der Waals surface area contributed by atoms with Crippen molar-refractivity contribution in [3.8, 4) is 28.4 Å². The van der Waals surface area contributed by atoms with Gasteiger partial charge in [-0.15, -0.1) is 0 Å². The molecule has 2 aliphatic rings. The highest BCUT2D eigenvalue weighted by Crippen LogP contribution is 2.43. The Morgan fingerprint density at radius 2 is 1.91 bits per heavy atom. The third-order valence-electron chi connectivity index (χ3n) is 6.23. The zero-order chi connectivity index (χ0) is 21.7. The van der Waals surface area contributed by atoms with Crippen LogP contribution in [0.2, 0.25) is 0 Å². The minimum atomic E-state index is -0.207. The molecule has 1 aliphatic carbocycles. The molecule has 32 heavy (non-hydrogen) atoms. The van der Waals surface area contributed by atoms with Crippen molar-refractivity contribution in [2.24, 2.45) is 0 Å². The van der Waals surface area contributed by atoms with Gasteiger partial charge in [-0.3, -0.25) is 9.55 Å². The van der Waals surface area contributed by atoms with E-state index in [-0.39, 0.29) is 12.5 Å². The molecule has 0 atom stereocenters. The molecule has 9 heteroatoms. The number of H-pyrrole nitrogens is 2. The third-order valence-corrected chi connectivity index (χ3v) is 6.88. The van der Waals surface area contributed by atoms with E-state index in [1.807, 2.05) is 30.3 Å². The first-order chi connectivity index (χ1) is 15.7. The average Bonchev–Trinajstić information content (AvgIpc) is 3.51. The van der Waals surface area contributed by atoms with Gasteiger partial charge in [-0.05, 0) is 59.1 Å². The zero-order valence-corrected chi connectivity index (χ0v) is 18.9. The molecule has 0 unspecified atom stereocenters. The van der Waals surface area contributed by atoms with Gasteiger partial charge in [-0.25, -0.2) is 9.78 Å². The number of halogens is 1. The Morgan fingerprint density at radius 1 is 1.09 bits per heavy atom. The van der Waals surface area contributed by atoms with E-state index in [0.717, 1.165) is 45.3 Å². The molecule has 2 aromatic heterocycles. The first-order valence-corrected chi connectivity index (χ1v) is 11.6. The van der Waals surface area contributed by atoms with Crippen molar-refractivity contribution >= 4 is 32.8 Å². The van der Waals surface area contributed by atoms with Gasteiger partial charge in [0.05, 0.1) is 28.7 Å². The highest BCUT2D eigenvalue weighted by atomic mass is 79.9. The van der Waals surface area contributed by atoms with Crippen LogP contribution in [-0.2, 0) is 0 Å². The summed E-state index contributed by atoms with van der Waals surface area (Å²) in [5.74, 6) is 2.06. The molecule has 3 N–H and O–H groups in total. The van der Waals surface area contributed by atoms with Crippen molar-refractivity contribution in [2.75, 3.05) is 12.1 Å². The van der Waals surface area contributed by atoms with E-state index >= 15 is 0 Å². The fraction of sp³-hybridized carbons (Fsp3) is 0.304. The lowest BCUT2D eigenvalue weighted by Crippen LogP contribution is -2.23. The van der Waals surface area contributed by atoms with E-state index in [9.17, 15) is 4.79 Å². The fourth-order valence-electron chi connectivity index (χ4n) is 4.65. The molecule has 0 radical (unpaired) electrons. The predicted molar refractivity (Wildman–Crippen MR) is 126 cm³/mol. The van der Waals surface area contributed by atoms with Gasteiger partial charge in [0.2, 0.25) is 6.79 Å². The predicted octanol–water partition coefficient (Wildman–Crippen LogP) is 4.94. The number of imidazole rings is 2. The van der Waals surface area contributed by atoms with Gasteiger partial charge in [0.1, 0.15) is 5.82 Å². The van der Waals surface area contributed by atoms with Gasteiger partial charge in [-0.1, -0.05) is 19.3 Å². The van der Waals surface area contributed by atoms with Gasteiger partial charge in [0.25, 0.3) is 0 Å². The van der Waals surface area contributed by atoms with Crippen LogP contribution in [0.1, 0.15) is 32.1 Å². The normalized spacial score (nSPS) is 16.0. The first kappa shape index (κ1) is 19.5. The van der Waals surface area contributed by atoms with Gasteiger partial charge in [0.15, 0.2) is 11.5 Å². The van der Waals surface area contributed by atoms with Gasteiger partial charge < -0.3 is 19.8 Å². The Morgan fingerprint density at radius 3 is 2.75 bits per heavy atom. The van der Waals surface area contributed by atoms with Crippen molar-refractivity contribution in [3.63, 3.8) is 0 Å². The topological polar surface area (TPSA) is 97.0 Å². The summed E-state index contributed by atoms with van der Waals surface area (Å²) < 4.78 is 13.7. The minimum absolute atomic E-state index is 0.189. The minimum Gasteiger partial charge on any atom is -0.454 e. The highest BCUT2D eigenvalue weighted by molar-refractivity contribution is 9.10. The summed E-state index contributed by atoms with van der Waals surface area (Å²) in [6, 6.07) is 9.90. The number of anilines is 1. The smallest absolute Gasteiger partial charge is 0.332 e. The van der Waals surface area contributed by atoms with E-state index in [4.69, 9.17) is 9.47 Å². The van der Waals surface area contributed by atoms with Crippen molar-refractivity contribution < 1.29 is 9.47 Å². The largest absolute Gasteiger partial charge is 0.454 e. The summed E-state index contributed by atoms with van der Waals surface area (Å²) in [5.41, 5.74) is 3.86. The van der Waals surface area contributed by atoms with E-state index in [1.54, 1.807) is 10.9 Å². The Hall–Kier alpha value is -3.20. The lowest BCUT2D eigenvalue weighted by molar-refractivity contribution is 0.174. The fourth-order valence-corrected chi connectivity index (χ4v) is 5.16. The van der Waals surface area contributed by atoms with Crippen LogP contribution >= 0.6 is 15.9 Å². The van der Waals surface area contributed by atoms with E-state index in [0.29, 0.717) is 23.4 Å². The molecule has 6 rings (SSSR count). The monoisotopic (exact) mass is 495 g/mol. The molecule has 1 aliphatic heterocycles. The molecular weight excluding hydrogens is 474 g/mol. The Balaban J connectivity index is 1.55. The van der Waals surface area contributed by atoms with Gasteiger partial charge >= 0.3 is 5.69 Å². The van der Waals surface area contributed by atoms with Crippen LogP contribution in [0, 0.1) is 0 Å². The Bertz CT molecular complexity index is 1370. The molecule has 2 aromatic carbocycles. The van der Waals surface area contributed by atoms with Crippen molar-refractivity contribution in [1.29, 1.82) is 0 Å². The van der Waals surface area contributed by atoms with Crippen LogP contribution in [0.15, 0.2) is 45.9 Å². The second-order valence-electron chi connectivity index (χ2n) is 8.26. The summed E-state index contributed by atoms with van der Waals surface area (Å²) in [4.78, 5) is 23.8. The number of fused-ring (bicyclic) bond motifs is 2. The molecule has 0 saturated heterocycles. The molecule has 1 saturated carbocycles. The first-order valence-electron chi connectivity index (χ1n) is 10.8. The summed E-state index contributed by atoms with van der Waals surface area (Å²) in [6.07, 6.45) is 7.49. The number of benzene rings is 2. The number of aromatic amines is 2. The number of ether oxygens (including phenoxy) is 2. The van der Waals surface area contributed by atoms with E-state index in [1.165, 1.54) is 19.3 Å². The average molecular weight is 496 g/mol. The number of hydrogen-bond donors (Lipinski definition) is 3. The molecule has 8 nitrogen and oxygen atoms in total. The number of rotatable bonds is 4. The summed E-state index contributed by atoms with van der Waals surface area (Å²) in [6.45, 7) is 0.189. The zero-order valence-electron chi connectivity index (χ0n) is 17.3. The number of nitrogens with zero attached hydrogens (tertiary/aromatic N) is 2. The molecule has 0 amide bonds. The summed E-state index contributed by atoms with van der Waals surface area (Å²) in [7, 11) is 0. The molecule has 0 bridgehead atoms. The van der Waals surface area contributed by atoms with E-state index < -0.39 is 0 Å². The van der Waals surface area contributed by atoms with Crippen LogP contribution in [0.4, 0.5) is 5.82 Å². The molecular formula is C23H22BrN5O3. The second-order valence-corrected chi connectivity index (χ2v) is 9.11. The van der Waals surface area contributed by atoms with E-state index in [2.05, 4.69) is 36.2 Å². The Labute approximate surface area is 192 Å². The second kappa shape index (κ2) is 7.74. The molecule has 4 aromatic rings. The van der Waals surface area contributed by atoms with Crippen molar-refractivity contribution in [3.05, 3.63) is 51.6 Å². The number of hydrogen-bond acceptors (Lipinski definition) is 5. The van der Waals surface area contributed by atoms with Crippen LogP contribution in [0.5, 0.6) is 11.5 Å². The maximum Gasteiger partial charge on any atom is 0.332 e. The molecule has 3 heterocycles. The third kappa shape index (κ3) is 3.28. The lowest BCUT2D eigenvalue weighted by atomic mass is 9.95. The maximum absolute atomic E-state index is 13.3. The van der Waals surface area contributed by atoms with Crippen LogP contribution in [-0.4, -0.2) is 32.4 Å². The summed E-state index contributed by atoms with van der Waals surface area (Å²) >= 11 is 3.69. The quantitative estimate of drug-likeness (QED) is 0.372. The van der Waals surface area contributed by atoms with Gasteiger partial charge in [0, 0.05) is 16.1 Å². The number of nitrogens with one attached hydrogen (secondary N) is 3. The van der Waals surface area contributed by atoms with Gasteiger partial charge in [-0.2, -0.15) is 0 Å². The molecule has 164 valence electrons. The standard InChI is InChI=1S/C23H22BrN5O3/c24-16-10-20-19(31-12-32-20)9-15(16)21-22(27-13-4-2-1-3-5-13)28-23(30)29(21)14-6-7-17-18(8-14)26-11-25-17/h6-11,13,27H,1-5,12H2,(H,25,26)(H,28,30). The summed E-state index contributed by atoms with van der Waals surface area (Å²) in [5, 5.41) is 3.62. The van der Waals surface area contributed by atoms with Crippen molar-refractivity contribution in [2.45, 2.75) is 38.1 Å².